The molecule has 1 amide bonds. The van der Waals surface area contributed by atoms with Crippen LogP contribution < -0.4 is 10.4 Å². The van der Waals surface area contributed by atoms with Gasteiger partial charge in [0.2, 0.25) is 0 Å². The molecule has 32 heavy (non-hydrogen) atoms. The van der Waals surface area contributed by atoms with Gasteiger partial charge in [-0.15, -0.1) is 0 Å². The molecule has 1 heterocycles. The summed E-state index contributed by atoms with van der Waals surface area (Å²) in [5.74, 6) is -11.7. The number of ether oxygens (including phenoxy) is 3. The molecule has 0 bridgehead atoms. The highest BCUT2D eigenvalue weighted by atomic mass is 127. The first kappa shape index (κ1) is 26.5. The molecule has 176 valence electrons. The number of aliphatic carboxylic acids is 1. The molecule has 0 saturated carbocycles. The Hall–Kier alpha value is -1.78. The lowest BCUT2D eigenvalue weighted by Crippen LogP contribution is -2.55. The van der Waals surface area contributed by atoms with Gasteiger partial charge >= 0.3 is 24.0 Å². The zero-order valence-electron chi connectivity index (χ0n) is 17.0. The number of benzene rings is 1. The van der Waals surface area contributed by atoms with Crippen molar-refractivity contribution >= 4 is 74.9 Å². The molecule has 0 radical (unpaired) electrons. The second-order valence-electron chi connectivity index (χ2n) is 7.74. The molecular weight excluding hydrogens is 662 g/mol. The van der Waals surface area contributed by atoms with E-state index < -0.39 is 47.5 Å². The number of hydrogen-bond donors (Lipinski definition) is 1. The Balaban J connectivity index is 2.42. The fraction of sp³-hybridized carbons (Fsp3) is 0.474. The van der Waals surface area contributed by atoms with Gasteiger partial charge in [-0.1, -0.05) is 0 Å². The minimum atomic E-state index is -4.67. The van der Waals surface area contributed by atoms with Gasteiger partial charge in [-0.2, -0.15) is 8.78 Å². The number of nitrogens with one attached hydrogen (secondary N) is 1. The minimum Gasteiger partial charge on any atom is -0.544 e. The first-order valence-corrected chi connectivity index (χ1v) is 11.2. The van der Waals surface area contributed by atoms with Crippen LogP contribution >= 0.6 is 45.2 Å². The molecule has 13 heteroatoms. The molecule has 1 fully saturated rings. The van der Waals surface area contributed by atoms with Crippen LogP contribution in [0, 0.1) is 13.1 Å². The number of amides is 1. The van der Waals surface area contributed by atoms with Crippen LogP contribution in [0.5, 0.6) is 0 Å². The smallest absolute Gasteiger partial charge is 0.412 e. The van der Waals surface area contributed by atoms with E-state index in [2.05, 4.69) is 10.1 Å². The Bertz CT molecular complexity index is 948. The maximum atomic E-state index is 14.3. The Labute approximate surface area is 208 Å². The van der Waals surface area contributed by atoms with Crippen LogP contribution in [0.3, 0.4) is 0 Å². The summed E-state index contributed by atoms with van der Waals surface area (Å²) in [6, 6.07) is 2.84. The highest BCUT2D eigenvalue weighted by Gasteiger charge is 2.53. The van der Waals surface area contributed by atoms with Gasteiger partial charge in [0, 0.05) is 7.14 Å². The first-order chi connectivity index (χ1) is 14.6. The molecule has 1 aromatic rings. The number of esters is 2. The van der Waals surface area contributed by atoms with Crippen LogP contribution in [0.1, 0.15) is 37.6 Å². The summed E-state index contributed by atoms with van der Waals surface area (Å²) in [7, 11) is 0. The number of halogens is 4. The van der Waals surface area contributed by atoms with Gasteiger partial charge in [0.1, 0.15) is 17.5 Å². The number of hydrogen-bond acceptors (Lipinski definition) is 8. The molecule has 1 N–H and O–H groups in total. The van der Waals surface area contributed by atoms with Gasteiger partial charge in [-0.05, 0) is 84.5 Å². The van der Waals surface area contributed by atoms with Crippen molar-refractivity contribution in [3.63, 3.8) is 0 Å². The van der Waals surface area contributed by atoms with E-state index in [9.17, 15) is 33.1 Å². The average molecular weight is 680 g/mol. The molecule has 1 aromatic carbocycles. The summed E-state index contributed by atoms with van der Waals surface area (Å²) >= 11 is 3.66. The topological polar surface area (TPSA) is 131 Å². The third-order valence-electron chi connectivity index (χ3n) is 4.11. The van der Waals surface area contributed by atoms with Crippen molar-refractivity contribution in [2.45, 2.75) is 44.8 Å². The van der Waals surface area contributed by atoms with Crippen molar-refractivity contribution in [1.29, 1.82) is 0 Å². The maximum Gasteiger partial charge on any atom is 0.412 e. The molecule has 1 aliphatic rings. The number of anilines is 1. The molecule has 2 atom stereocenters. The fourth-order valence-corrected chi connectivity index (χ4v) is 4.74. The van der Waals surface area contributed by atoms with E-state index in [1.54, 1.807) is 26.8 Å². The zero-order chi connectivity index (χ0) is 24.4. The highest BCUT2D eigenvalue weighted by molar-refractivity contribution is 14.1. The lowest BCUT2D eigenvalue weighted by Gasteiger charge is -2.30. The molecule has 0 spiro atoms. The van der Waals surface area contributed by atoms with E-state index in [0.717, 1.165) is 0 Å². The minimum absolute atomic E-state index is 0.0882. The molecule has 9 nitrogen and oxygen atoms in total. The van der Waals surface area contributed by atoms with Crippen molar-refractivity contribution < 1.29 is 47.3 Å². The summed E-state index contributed by atoms with van der Waals surface area (Å²) in [6.07, 6.45) is -3.85. The van der Waals surface area contributed by atoms with Crippen molar-refractivity contribution in [3.8, 4) is 0 Å². The predicted octanol–water partition coefficient (Wildman–Crippen LogP) is 2.72. The largest absolute Gasteiger partial charge is 0.544 e. The monoisotopic (exact) mass is 680 g/mol. The zero-order valence-corrected chi connectivity index (χ0v) is 21.3. The van der Waals surface area contributed by atoms with Gasteiger partial charge in [-0.25, -0.2) is 9.59 Å². The fourth-order valence-electron chi connectivity index (χ4n) is 2.76. The van der Waals surface area contributed by atoms with Crippen molar-refractivity contribution in [2.24, 2.45) is 5.92 Å². The lowest BCUT2D eigenvalue weighted by atomic mass is 9.95. The van der Waals surface area contributed by atoms with E-state index >= 15 is 0 Å². The Kier molecular flexibility index (Phi) is 8.28. The summed E-state index contributed by atoms with van der Waals surface area (Å²) in [4.78, 5) is 47.9. The maximum absolute atomic E-state index is 14.3. The first-order valence-electron chi connectivity index (χ1n) is 9.09. The molecule has 1 saturated heterocycles. The molecule has 0 aliphatic carbocycles. The predicted molar refractivity (Wildman–Crippen MR) is 120 cm³/mol. The average Bonchev–Trinajstić information content (AvgIpc) is 3.05. The Morgan fingerprint density at radius 1 is 1.25 bits per heavy atom. The third-order valence-corrected chi connectivity index (χ3v) is 5.58. The number of cyclic esters (lactones) is 1. The number of alkyl halides is 2. The summed E-state index contributed by atoms with van der Waals surface area (Å²) < 4.78 is 44.1. The number of carbonyl (C=O) groups excluding carboxylic acids is 4. The summed E-state index contributed by atoms with van der Waals surface area (Å²) in [5.41, 5.74) is -1.28. The normalized spacial score (nSPS) is 17.3. The van der Waals surface area contributed by atoms with Crippen LogP contribution in [0.2, 0.25) is 0 Å². The van der Waals surface area contributed by atoms with Crippen molar-refractivity contribution in [3.05, 3.63) is 24.8 Å². The van der Waals surface area contributed by atoms with Crippen LogP contribution in [0.4, 0.5) is 19.3 Å². The van der Waals surface area contributed by atoms with Crippen LogP contribution in [0.25, 0.3) is 0 Å². The van der Waals surface area contributed by atoms with E-state index in [1.807, 2.05) is 45.2 Å². The number of rotatable bonds is 6. The molecule has 2 unspecified atom stereocenters. The van der Waals surface area contributed by atoms with Crippen LogP contribution in [0.15, 0.2) is 12.1 Å². The SMILES string of the molecule is CC(C)(C)OC(=O)Nc1c(I)cc(I)cc1C(=O)OC(C1CCOC1=O)C(F)(F)C(=O)[O-]. The third kappa shape index (κ3) is 6.39. The molecule has 1 aliphatic heterocycles. The van der Waals surface area contributed by atoms with Gasteiger partial charge in [0.25, 0.3) is 0 Å². The van der Waals surface area contributed by atoms with Crippen molar-refractivity contribution in [1.82, 2.24) is 0 Å². The molecular formula is C19H18F2I2NO8-. The van der Waals surface area contributed by atoms with E-state index in [1.165, 1.54) is 6.07 Å². The standard InChI is InChI=1S/C19H19F2I2NO8/c1-18(2,3)32-17(29)24-12-10(6-8(22)7-11(12)23)15(26)31-13(19(20,21)16(27)28)9-4-5-30-14(9)25/h6-7,9,13H,4-5H2,1-3H3,(H,24,29)(H,27,28)/p-1. The number of carbonyl (C=O) groups is 4. The van der Waals surface area contributed by atoms with Crippen molar-refractivity contribution in [2.75, 3.05) is 11.9 Å². The van der Waals surface area contributed by atoms with E-state index in [0.29, 0.717) is 7.14 Å². The van der Waals surface area contributed by atoms with Crippen LogP contribution in [-0.4, -0.2) is 48.2 Å². The van der Waals surface area contributed by atoms with Gasteiger partial charge in [0.05, 0.1) is 17.9 Å². The van der Waals surface area contributed by atoms with Gasteiger partial charge in [0.15, 0.2) is 6.10 Å². The Morgan fingerprint density at radius 3 is 2.38 bits per heavy atom. The van der Waals surface area contributed by atoms with E-state index in [-0.39, 0.29) is 24.3 Å². The summed E-state index contributed by atoms with van der Waals surface area (Å²) in [5, 5.41) is 13.4. The lowest BCUT2D eigenvalue weighted by molar-refractivity contribution is -0.337. The second kappa shape index (κ2) is 10.0. The molecule has 0 aromatic heterocycles. The molecule has 2 rings (SSSR count). The quantitative estimate of drug-likeness (QED) is 0.276. The highest BCUT2D eigenvalue weighted by Crippen LogP contribution is 2.34. The number of carboxylic acid groups (broad SMARTS) is 1. The summed E-state index contributed by atoms with van der Waals surface area (Å²) in [6.45, 7) is 4.63. The number of carboxylic acids is 1. The Morgan fingerprint density at radius 2 is 1.88 bits per heavy atom. The van der Waals surface area contributed by atoms with E-state index in [4.69, 9.17) is 9.47 Å². The van der Waals surface area contributed by atoms with Gasteiger partial charge in [-0.3, -0.25) is 10.1 Å². The second-order valence-corrected chi connectivity index (χ2v) is 10.1. The van der Waals surface area contributed by atoms with Crippen LogP contribution in [-0.2, 0) is 23.8 Å². The van der Waals surface area contributed by atoms with Gasteiger partial charge < -0.3 is 24.1 Å².